The second-order valence-electron chi connectivity index (χ2n) is 6.29. The number of oxazole rings is 1. The Hall–Kier alpha value is -2.56. The van der Waals surface area contributed by atoms with Gasteiger partial charge < -0.3 is 14.2 Å². The van der Waals surface area contributed by atoms with Gasteiger partial charge in [0.1, 0.15) is 11.8 Å². The van der Waals surface area contributed by atoms with E-state index in [1.807, 2.05) is 29.6 Å². The van der Waals surface area contributed by atoms with E-state index in [1.54, 1.807) is 6.26 Å². The van der Waals surface area contributed by atoms with Gasteiger partial charge in [-0.25, -0.2) is 0 Å². The summed E-state index contributed by atoms with van der Waals surface area (Å²) in [5.41, 5.74) is 0.283. The summed E-state index contributed by atoms with van der Waals surface area (Å²) in [4.78, 5) is 7.65. The topological polar surface area (TPSA) is 78.2 Å². The third-order valence-electron chi connectivity index (χ3n) is 4.62. The highest BCUT2D eigenvalue weighted by molar-refractivity contribution is 7.13. The molecule has 3 aromatic rings. The number of nitrogens with zero attached hydrogens (tertiary/aromatic N) is 3. The standard InChI is InChI=1S/C19H20N4O2S/c20-12-14-18(25-19(22-14)17-7-5-11-26-17)21-13-15(16-6-4-10-24-16)23-8-2-1-3-9-23/h4-7,10-11,15,21H,1-3,8-9,13H2/t15-/m0/s1. The Bertz CT molecular complexity index is 858. The molecule has 4 rings (SSSR count). The summed E-state index contributed by atoms with van der Waals surface area (Å²) in [6, 6.07) is 10.0. The second-order valence-corrected chi connectivity index (χ2v) is 7.24. The Balaban J connectivity index is 1.53. The predicted molar refractivity (Wildman–Crippen MR) is 99.9 cm³/mol. The lowest BCUT2D eigenvalue weighted by Gasteiger charge is -2.33. The fraction of sp³-hybridized carbons (Fsp3) is 0.368. The van der Waals surface area contributed by atoms with Crippen molar-refractivity contribution in [2.75, 3.05) is 25.0 Å². The first-order chi connectivity index (χ1) is 12.8. The number of thiophene rings is 1. The van der Waals surface area contributed by atoms with Crippen molar-refractivity contribution in [1.82, 2.24) is 9.88 Å². The number of furan rings is 1. The number of rotatable bonds is 6. The highest BCUT2D eigenvalue weighted by Crippen LogP contribution is 2.30. The van der Waals surface area contributed by atoms with Crippen LogP contribution in [0.25, 0.3) is 10.8 Å². The Morgan fingerprint density at radius 2 is 2.15 bits per heavy atom. The van der Waals surface area contributed by atoms with Crippen LogP contribution in [0.2, 0.25) is 0 Å². The fourth-order valence-electron chi connectivity index (χ4n) is 3.33. The van der Waals surface area contributed by atoms with Crippen molar-refractivity contribution in [1.29, 1.82) is 5.26 Å². The fourth-order valence-corrected chi connectivity index (χ4v) is 3.98. The first kappa shape index (κ1) is 16.9. The van der Waals surface area contributed by atoms with E-state index < -0.39 is 0 Å². The summed E-state index contributed by atoms with van der Waals surface area (Å²) >= 11 is 1.54. The van der Waals surface area contributed by atoms with Crippen molar-refractivity contribution in [3.05, 3.63) is 47.4 Å². The minimum Gasteiger partial charge on any atom is -0.468 e. The zero-order valence-corrected chi connectivity index (χ0v) is 15.2. The van der Waals surface area contributed by atoms with Gasteiger partial charge in [-0.3, -0.25) is 4.90 Å². The molecular formula is C19H20N4O2S. The molecule has 0 unspecified atom stereocenters. The molecule has 7 heteroatoms. The molecule has 1 aliphatic heterocycles. The molecule has 134 valence electrons. The van der Waals surface area contributed by atoms with Gasteiger partial charge in [0.15, 0.2) is 0 Å². The van der Waals surface area contributed by atoms with Crippen molar-refractivity contribution in [3.63, 3.8) is 0 Å². The van der Waals surface area contributed by atoms with E-state index in [4.69, 9.17) is 8.83 Å². The molecule has 1 saturated heterocycles. The van der Waals surface area contributed by atoms with E-state index in [9.17, 15) is 5.26 Å². The van der Waals surface area contributed by atoms with Gasteiger partial charge in [-0.05, 0) is 49.5 Å². The normalized spacial score (nSPS) is 16.3. The number of nitriles is 1. The van der Waals surface area contributed by atoms with Crippen LogP contribution in [0.1, 0.15) is 36.8 Å². The van der Waals surface area contributed by atoms with Crippen LogP contribution < -0.4 is 5.32 Å². The Morgan fingerprint density at radius 3 is 2.85 bits per heavy atom. The lowest BCUT2D eigenvalue weighted by molar-refractivity contribution is 0.152. The maximum Gasteiger partial charge on any atom is 0.240 e. The zero-order valence-electron chi connectivity index (χ0n) is 14.4. The maximum absolute atomic E-state index is 9.39. The van der Waals surface area contributed by atoms with Crippen LogP contribution in [0.4, 0.5) is 5.88 Å². The van der Waals surface area contributed by atoms with Gasteiger partial charge in [0.25, 0.3) is 0 Å². The number of hydrogen-bond donors (Lipinski definition) is 1. The van der Waals surface area contributed by atoms with Crippen molar-refractivity contribution in [2.45, 2.75) is 25.3 Å². The molecule has 0 bridgehead atoms. The molecule has 6 nitrogen and oxygen atoms in total. The number of nitrogens with one attached hydrogen (secondary N) is 1. The minimum absolute atomic E-state index is 0.104. The molecule has 1 aliphatic rings. The molecule has 1 atom stereocenters. The maximum atomic E-state index is 9.39. The van der Waals surface area contributed by atoms with Gasteiger partial charge in [0.05, 0.1) is 17.2 Å². The van der Waals surface area contributed by atoms with Crippen LogP contribution in [0.3, 0.4) is 0 Å². The quantitative estimate of drug-likeness (QED) is 0.690. The van der Waals surface area contributed by atoms with E-state index in [2.05, 4.69) is 21.3 Å². The molecule has 3 aromatic heterocycles. The van der Waals surface area contributed by atoms with Crippen LogP contribution >= 0.6 is 11.3 Å². The zero-order chi connectivity index (χ0) is 17.8. The van der Waals surface area contributed by atoms with E-state index in [-0.39, 0.29) is 11.7 Å². The predicted octanol–water partition coefficient (Wildman–Crippen LogP) is 4.51. The van der Waals surface area contributed by atoms with E-state index in [0.29, 0.717) is 18.3 Å². The number of likely N-dealkylation sites (tertiary alicyclic amines) is 1. The number of aromatic nitrogens is 1. The summed E-state index contributed by atoms with van der Waals surface area (Å²) in [5, 5.41) is 14.6. The first-order valence-electron chi connectivity index (χ1n) is 8.81. The molecule has 1 N–H and O–H groups in total. The van der Waals surface area contributed by atoms with Crippen molar-refractivity contribution < 1.29 is 8.83 Å². The first-order valence-corrected chi connectivity index (χ1v) is 9.69. The molecule has 0 aromatic carbocycles. The van der Waals surface area contributed by atoms with Crippen molar-refractivity contribution >= 4 is 17.2 Å². The lowest BCUT2D eigenvalue weighted by atomic mass is 10.1. The van der Waals surface area contributed by atoms with E-state index in [0.717, 1.165) is 23.7 Å². The monoisotopic (exact) mass is 368 g/mol. The molecule has 4 heterocycles. The van der Waals surface area contributed by atoms with Crippen LogP contribution in [0, 0.1) is 11.3 Å². The van der Waals surface area contributed by atoms with Gasteiger partial charge >= 0.3 is 0 Å². The number of anilines is 1. The molecular weight excluding hydrogens is 348 g/mol. The SMILES string of the molecule is N#Cc1nc(-c2cccs2)oc1NC[C@@H](c1ccco1)N1CCCCC1. The summed E-state index contributed by atoms with van der Waals surface area (Å²) in [6.07, 6.45) is 5.38. The number of piperidine rings is 1. The second kappa shape index (κ2) is 7.77. The Kier molecular flexibility index (Phi) is 5.04. The summed E-state index contributed by atoms with van der Waals surface area (Å²) in [5.74, 6) is 1.83. The smallest absolute Gasteiger partial charge is 0.240 e. The molecule has 0 spiro atoms. The van der Waals surface area contributed by atoms with E-state index >= 15 is 0 Å². The number of hydrogen-bond acceptors (Lipinski definition) is 7. The summed E-state index contributed by atoms with van der Waals surface area (Å²) < 4.78 is 11.5. The van der Waals surface area contributed by atoms with Gasteiger partial charge in [-0.2, -0.15) is 10.2 Å². The molecule has 26 heavy (non-hydrogen) atoms. The van der Waals surface area contributed by atoms with Crippen LogP contribution in [0.5, 0.6) is 0 Å². The third kappa shape index (κ3) is 3.52. The van der Waals surface area contributed by atoms with Gasteiger partial charge in [-0.1, -0.05) is 12.5 Å². The highest BCUT2D eigenvalue weighted by Gasteiger charge is 2.25. The van der Waals surface area contributed by atoms with Gasteiger partial charge in [-0.15, -0.1) is 11.3 Å². The van der Waals surface area contributed by atoms with Gasteiger partial charge in [0.2, 0.25) is 17.5 Å². The summed E-state index contributed by atoms with van der Waals surface area (Å²) in [6.45, 7) is 2.70. The van der Waals surface area contributed by atoms with Crippen LogP contribution in [0.15, 0.2) is 44.7 Å². The van der Waals surface area contributed by atoms with Crippen molar-refractivity contribution in [2.24, 2.45) is 0 Å². The average molecular weight is 368 g/mol. The molecule has 0 saturated carbocycles. The third-order valence-corrected chi connectivity index (χ3v) is 5.48. The van der Waals surface area contributed by atoms with Crippen molar-refractivity contribution in [3.8, 4) is 16.8 Å². The van der Waals surface area contributed by atoms with E-state index in [1.165, 1.54) is 30.6 Å². The highest BCUT2D eigenvalue weighted by atomic mass is 32.1. The Morgan fingerprint density at radius 1 is 1.27 bits per heavy atom. The summed E-state index contributed by atoms with van der Waals surface area (Å²) in [7, 11) is 0. The minimum atomic E-state index is 0.104. The Labute approximate surface area is 156 Å². The van der Waals surface area contributed by atoms with Crippen LogP contribution in [-0.2, 0) is 0 Å². The molecule has 0 aliphatic carbocycles. The largest absolute Gasteiger partial charge is 0.468 e. The average Bonchev–Trinajstić information content (AvgIpc) is 3.44. The van der Waals surface area contributed by atoms with Crippen LogP contribution in [-0.4, -0.2) is 29.5 Å². The lowest BCUT2D eigenvalue weighted by Crippen LogP contribution is -2.37. The molecule has 0 amide bonds. The molecule has 0 radical (unpaired) electrons. The molecule has 1 fully saturated rings. The van der Waals surface area contributed by atoms with Gasteiger partial charge in [0, 0.05) is 6.54 Å².